The Morgan fingerprint density at radius 2 is 2.43 bits per heavy atom. The molecule has 37 valence electrons. The van der Waals surface area contributed by atoms with Crippen LogP contribution in [0.1, 0.15) is 0 Å². The minimum atomic E-state index is -0.588. The highest BCUT2D eigenvalue weighted by Gasteiger charge is 1.95. The lowest BCUT2D eigenvalue weighted by Gasteiger charge is -1.85. The Bertz CT molecular complexity index is 83.8. The highest BCUT2D eigenvalue weighted by Crippen LogP contribution is 1.54. The molecule has 0 rings (SSSR count). The molecule has 0 aliphatic rings. The van der Waals surface area contributed by atoms with Crippen LogP contribution in [0, 0.1) is 0 Å². The number of nitrogens with one attached hydrogen (secondary N) is 1. The van der Waals surface area contributed by atoms with Gasteiger partial charge in [-0.05, 0) is 0 Å². The summed E-state index contributed by atoms with van der Waals surface area (Å²) in [6.07, 6.45) is 0.363. The maximum atomic E-state index is 9.89. The molecule has 0 atom stereocenters. The second-order valence-electron chi connectivity index (χ2n) is 0.811. The molecule has 0 aliphatic carbocycles. The van der Waals surface area contributed by atoms with Crippen LogP contribution in [-0.4, -0.2) is 19.3 Å². The van der Waals surface area contributed by atoms with E-state index in [0.29, 0.717) is 6.19 Å². The van der Waals surface area contributed by atoms with Gasteiger partial charge in [0.05, 0.1) is 6.19 Å². The zero-order valence-electron chi connectivity index (χ0n) is 3.55. The van der Waals surface area contributed by atoms with Gasteiger partial charge in [-0.1, -0.05) is 0 Å². The molecule has 0 unspecified atom stereocenters. The van der Waals surface area contributed by atoms with Crippen LogP contribution >= 0.6 is 0 Å². The number of carbonyl (C=O) groups excluding carboxylic acids is 2. The Kier molecular flexibility index (Phi) is 2.96. The minimum Gasteiger partial charge on any atom is -0.315 e. The van der Waals surface area contributed by atoms with E-state index in [4.69, 9.17) is 0 Å². The Balaban J connectivity index is 3.17. The van der Waals surface area contributed by atoms with Gasteiger partial charge in [-0.15, -0.1) is 0 Å². The van der Waals surface area contributed by atoms with Crippen LogP contribution in [-0.2, 0) is 4.79 Å². The zero-order chi connectivity index (χ0) is 5.70. The number of amides is 1. The van der Waals surface area contributed by atoms with E-state index in [9.17, 15) is 9.59 Å². The lowest BCUT2D eigenvalue weighted by molar-refractivity contribution is 0.259. The highest BCUT2D eigenvalue weighted by atomic mass is 16.2. The van der Waals surface area contributed by atoms with Crippen LogP contribution in [0.3, 0.4) is 0 Å². The number of nitrogens with two attached hydrogens (primary N) is 1. The van der Waals surface area contributed by atoms with Gasteiger partial charge in [0.15, 0.2) is 5.81 Å². The highest BCUT2D eigenvalue weighted by molar-refractivity contribution is 6.92. The zero-order valence-corrected chi connectivity index (χ0v) is 3.55. The van der Waals surface area contributed by atoms with Crippen LogP contribution in [0.5, 0.6) is 0 Å². The van der Waals surface area contributed by atoms with Crippen molar-refractivity contribution in [2.24, 2.45) is 5.84 Å². The van der Waals surface area contributed by atoms with E-state index >= 15 is 0 Å². The average molecular weight is 98.9 g/mol. The summed E-state index contributed by atoms with van der Waals surface area (Å²) >= 11 is 0. The predicted molar refractivity (Wildman–Crippen MR) is 25.2 cm³/mol. The third-order valence-electron chi connectivity index (χ3n) is 0.362. The first-order chi connectivity index (χ1) is 3.31. The molecule has 5 heteroatoms. The molecule has 0 spiro atoms. The molecule has 0 fully saturated rings. The molecule has 0 bridgehead atoms. The molecule has 0 saturated carbocycles. The molecule has 0 heterocycles. The van der Waals surface area contributed by atoms with Crippen molar-refractivity contribution in [3.05, 3.63) is 0 Å². The summed E-state index contributed by atoms with van der Waals surface area (Å²) in [6, 6.07) is 0. The molecule has 7 heavy (non-hydrogen) atoms. The Hall–Kier alpha value is -0.835. The quantitative estimate of drug-likeness (QED) is 0.145. The third kappa shape index (κ3) is 2.98. The molecule has 0 aliphatic heterocycles. The summed E-state index contributed by atoms with van der Waals surface area (Å²) in [5.41, 5.74) is 1.74. The number of carbonyl (C=O) groups is 2. The van der Waals surface area contributed by atoms with Gasteiger partial charge in [-0.25, -0.2) is 5.84 Å². The lowest BCUT2D eigenvalue weighted by Crippen LogP contribution is -2.33. The van der Waals surface area contributed by atoms with E-state index in [-0.39, 0.29) is 0 Å². The fourth-order valence-electron chi connectivity index (χ4n) is 0.110. The van der Waals surface area contributed by atoms with Crippen LogP contribution in [0.15, 0.2) is 0 Å². The van der Waals surface area contributed by atoms with Gasteiger partial charge >= 0.3 is 7.28 Å². The van der Waals surface area contributed by atoms with E-state index in [1.807, 2.05) is 0 Å². The van der Waals surface area contributed by atoms with Crippen molar-refractivity contribution in [3.63, 3.8) is 0 Å². The molecular formula is C2H4BN2O2. The summed E-state index contributed by atoms with van der Waals surface area (Å²) in [6.45, 7) is 0. The second kappa shape index (κ2) is 3.36. The molecule has 1 amide bonds. The molecular weight excluding hydrogens is 94.8 g/mol. The van der Waals surface area contributed by atoms with Crippen molar-refractivity contribution in [2.45, 2.75) is 0 Å². The molecule has 0 aromatic carbocycles. The molecule has 0 aromatic rings. The fraction of sp³-hybridized carbons (Fsp3) is 0. The smallest absolute Gasteiger partial charge is 0.315 e. The predicted octanol–water partition coefficient (Wildman–Crippen LogP) is -1.54. The number of hydrogen-bond donors (Lipinski definition) is 2. The minimum absolute atomic E-state index is 0.363. The van der Waals surface area contributed by atoms with Crippen molar-refractivity contribution < 1.29 is 9.59 Å². The van der Waals surface area contributed by atoms with Crippen LogP contribution in [0.4, 0.5) is 4.79 Å². The Morgan fingerprint density at radius 3 is 2.57 bits per heavy atom. The van der Waals surface area contributed by atoms with E-state index in [0.717, 1.165) is 7.28 Å². The van der Waals surface area contributed by atoms with Crippen LogP contribution in [0.2, 0.25) is 0 Å². The van der Waals surface area contributed by atoms with Crippen molar-refractivity contribution in [2.75, 3.05) is 0 Å². The SMILES string of the molecule is NNC(=O)[B]C=O. The van der Waals surface area contributed by atoms with Crippen molar-refractivity contribution in [1.29, 1.82) is 0 Å². The third-order valence-corrected chi connectivity index (χ3v) is 0.362. The van der Waals surface area contributed by atoms with Crippen molar-refractivity contribution >= 4 is 19.3 Å². The summed E-state index contributed by atoms with van der Waals surface area (Å²) in [5, 5.41) is 0. The first-order valence-electron chi connectivity index (χ1n) is 1.60. The maximum absolute atomic E-state index is 9.89. The summed E-state index contributed by atoms with van der Waals surface area (Å²) in [4.78, 5) is 19.3. The number of hydrazine groups is 1. The normalized spacial score (nSPS) is 7.00. The molecule has 0 aromatic heterocycles. The number of hydrogen-bond acceptors (Lipinski definition) is 3. The van der Waals surface area contributed by atoms with Crippen LogP contribution < -0.4 is 11.3 Å². The second-order valence-corrected chi connectivity index (χ2v) is 0.811. The Morgan fingerprint density at radius 1 is 1.86 bits per heavy atom. The molecule has 3 N–H and O–H groups in total. The number of rotatable bonds is 2. The molecule has 4 nitrogen and oxygen atoms in total. The largest absolute Gasteiger partial charge is 0.317 e. The van der Waals surface area contributed by atoms with E-state index in [1.54, 1.807) is 5.43 Å². The topological polar surface area (TPSA) is 72.2 Å². The van der Waals surface area contributed by atoms with Crippen molar-refractivity contribution in [1.82, 2.24) is 5.43 Å². The van der Waals surface area contributed by atoms with Crippen LogP contribution in [0.25, 0.3) is 0 Å². The lowest BCUT2D eigenvalue weighted by atomic mass is 9.81. The summed E-state index contributed by atoms with van der Waals surface area (Å²) < 4.78 is 0. The molecule has 1 radical (unpaired) electrons. The standard InChI is InChI=1S/C2H4BN2O2/c4-5-2(7)3-1-6/h1H,4H2,(H,5,7). The van der Waals surface area contributed by atoms with Gasteiger partial charge in [0.2, 0.25) is 0 Å². The first kappa shape index (κ1) is 6.16. The summed E-state index contributed by atoms with van der Waals surface area (Å²) in [7, 11) is 0.792. The van der Waals surface area contributed by atoms with Gasteiger partial charge in [-0.3, -0.25) is 4.79 Å². The van der Waals surface area contributed by atoms with Gasteiger partial charge in [0.1, 0.15) is 0 Å². The van der Waals surface area contributed by atoms with Gasteiger partial charge < -0.3 is 10.2 Å². The average Bonchev–Trinajstić information content (AvgIpc) is 1.68. The first-order valence-corrected chi connectivity index (χ1v) is 1.60. The van der Waals surface area contributed by atoms with E-state index < -0.39 is 5.81 Å². The Labute approximate surface area is 41.3 Å². The monoisotopic (exact) mass is 99.0 g/mol. The fourth-order valence-corrected chi connectivity index (χ4v) is 0.110. The van der Waals surface area contributed by atoms with Gasteiger partial charge in [-0.2, -0.15) is 0 Å². The van der Waals surface area contributed by atoms with E-state index in [1.165, 1.54) is 0 Å². The van der Waals surface area contributed by atoms with Crippen molar-refractivity contribution in [3.8, 4) is 0 Å². The van der Waals surface area contributed by atoms with E-state index in [2.05, 4.69) is 5.84 Å². The maximum Gasteiger partial charge on any atom is 0.317 e. The van der Waals surface area contributed by atoms with Gasteiger partial charge in [0, 0.05) is 0 Å². The molecule has 0 saturated heterocycles. The van der Waals surface area contributed by atoms with Gasteiger partial charge in [0.25, 0.3) is 0 Å². The summed E-state index contributed by atoms with van der Waals surface area (Å²) in [5.74, 6) is 3.98.